The lowest BCUT2D eigenvalue weighted by atomic mass is 10.1. The average Bonchev–Trinajstić information content (AvgIpc) is 2.34. The Balaban J connectivity index is 2.36. The number of hydrogen-bond acceptors (Lipinski definition) is 2. The van der Waals surface area contributed by atoms with Crippen molar-refractivity contribution < 1.29 is 4.74 Å². The summed E-state index contributed by atoms with van der Waals surface area (Å²) < 4.78 is 6.90. The molecule has 1 unspecified atom stereocenters. The average molecular weight is 355 g/mol. The van der Waals surface area contributed by atoms with Crippen LogP contribution in [-0.2, 0) is 0 Å². The predicted octanol–water partition coefficient (Wildman–Crippen LogP) is 5.53. The topological polar surface area (TPSA) is 35.2 Å². The molecule has 0 aliphatic carbocycles. The standard InChI is InChI=1S/C16H17BrClNO/c1-9-6-13(18)7-10(2)16(9)20-15-5-4-12(11(3)19)8-14(15)17/h4-8,11H,19H2,1-3H3. The highest BCUT2D eigenvalue weighted by Crippen LogP contribution is 2.35. The second-order valence-electron chi connectivity index (χ2n) is 4.95. The van der Waals surface area contributed by atoms with E-state index >= 15 is 0 Å². The van der Waals surface area contributed by atoms with E-state index in [4.69, 9.17) is 22.1 Å². The summed E-state index contributed by atoms with van der Waals surface area (Å²) in [6.45, 7) is 5.92. The Kier molecular flexibility index (Phi) is 4.74. The molecular weight excluding hydrogens is 338 g/mol. The lowest BCUT2D eigenvalue weighted by Crippen LogP contribution is -2.04. The molecule has 2 aromatic carbocycles. The van der Waals surface area contributed by atoms with Crippen molar-refractivity contribution in [2.45, 2.75) is 26.8 Å². The summed E-state index contributed by atoms with van der Waals surface area (Å²) >= 11 is 9.56. The van der Waals surface area contributed by atoms with Gasteiger partial charge in [0.2, 0.25) is 0 Å². The van der Waals surface area contributed by atoms with Gasteiger partial charge in [0.1, 0.15) is 11.5 Å². The zero-order valence-electron chi connectivity index (χ0n) is 11.7. The third-order valence-corrected chi connectivity index (χ3v) is 3.96. The van der Waals surface area contributed by atoms with Gasteiger partial charge >= 0.3 is 0 Å². The highest BCUT2D eigenvalue weighted by atomic mass is 79.9. The van der Waals surface area contributed by atoms with E-state index in [0.29, 0.717) is 0 Å². The zero-order chi connectivity index (χ0) is 14.9. The van der Waals surface area contributed by atoms with Crippen LogP contribution in [0.3, 0.4) is 0 Å². The Morgan fingerprint density at radius 1 is 1.15 bits per heavy atom. The second kappa shape index (κ2) is 6.17. The number of benzene rings is 2. The van der Waals surface area contributed by atoms with Crippen LogP contribution in [0.25, 0.3) is 0 Å². The molecule has 0 heterocycles. The van der Waals surface area contributed by atoms with Gasteiger partial charge in [-0.25, -0.2) is 0 Å². The number of ether oxygens (including phenoxy) is 1. The Morgan fingerprint density at radius 3 is 2.25 bits per heavy atom. The number of rotatable bonds is 3. The zero-order valence-corrected chi connectivity index (χ0v) is 14.0. The maximum absolute atomic E-state index is 6.03. The molecule has 0 saturated carbocycles. The van der Waals surface area contributed by atoms with Crippen molar-refractivity contribution in [3.63, 3.8) is 0 Å². The van der Waals surface area contributed by atoms with Crippen molar-refractivity contribution in [2.75, 3.05) is 0 Å². The fraction of sp³-hybridized carbons (Fsp3) is 0.250. The molecule has 0 aliphatic heterocycles. The molecule has 0 aliphatic rings. The van der Waals surface area contributed by atoms with E-state index in [2.05, 4.69) is 15.9 Å². The SMILES string of the molecule is Cc1cc(Cl)cc(C)c1Oc1ccc(C(C)N)cc1Br. The first-order valence-electron chi connectivity index (χ1n) is 6.38. The molecule has 4 heteroatoms. The molecule has 0 fully saturated rings. The van der Waals surface area contributed by atoms with Crippen molar-refractivity contribution in [1.82, 2.24) is 0 Å². The summed E-state index contributed by atoms with van der Waals surface area (Å²) in [4.78, 5) is 0. The van der Waals surface area contributed by atoms with E-state index in [9.17, 15) is 0 Å². The lowest BCUT2D eigenvalue weighted by Gasteiger charge is -2.15. The molecule has 1 atom stereocenters. The van der Waals surface area contributed by atoms with Gasteiger partial charge in [-0.15, -0.1) is 0 Å². The van der Waals surface area contributed by atoms with Crippen LogP contribution in [-0.4, -0.2) is 0 Å². The van der Waals surface area contributed by atoms with Gasteiger partial charge in [-0.2, -0.15) is 0 Å². The molecule has 0 aromatic heterocycles. The Labute approximate surface area is 133 Å². The Bertz CT molecular complexity index is 617. The van der Waals surface area contributed by atoms with E-state index in [0.717, 1.165) is 37.7 Å². The Hall–Kier alpha value is -1.03. The number of nitrogens with two attached hydrogens (primary N) is 1. The van der Waals surface area contributed by atoms with Crippen LogP contribution in [0.1, 0.15) is 29.7 Å². The molecule has 20 heavy (non-hydrogen) atoms. The number of halogens is 2. The first kappa shape index (κ1) is 15.4. The highest BCUT2D eigenvalue weighted by molar-refractivity contribution is 9.10. The molecule has 2 N–H and O–H groups in total. The molecule has 0 spiro atoms. The predicted molar refractivity (Wildman–Crippen MR) is 87.7 cm³/mol. The normalized spacial score (nSPS) is 12.3. The van der Waals surface area contributed by atoms with Gasteiger partial charge < -0.3 is 10.5 Å². The number of aryl methyl sites for hydroxylation is 2. The fourth-order valence-corrected chi connectivity index (χ4v) is 2.86. The summed E-state index contributed by atoms with van der Waals surface area (Å²) in [6, 6.07) is 9.68. The van der Waals surface area contributed by atoms with Gasteiger partial charge in [0.05, 0.1) is 4.47 Å². The molecule has 2 aromatic rings. The minimum atomic E-state index is -0.000598. The maximum atomic E-state index is 6.03. The fourth-order valence-electron chi connectivity index (χ4n) is 2.05. The quantitative estimate of drug-likeness (QED) is 0.786. The number of hydrogen-bond donors (Lipinski definition) is 1. The third kappa shape index (κ3) is 3.35. The Morgan fingerprint density at radius 2 is 1.75 bits per heavy atom. The van der Waals surface area contributed by atoms with E-state index in [-0.39, 0.29) is 6.04 Å². The summed E-state index contributed by atoms with van der Waals surface area (Å²) in [5.41, 5.74) is 8.96. The van der Waals surface area contributed by atoms with Crippen molar-refractivity contribution in [1.29, 1.82) is 0 Å². The van der Waals surface area contributed by atoms with Crippen LogP contribution >= 0.6 is 27.5 Å². The minimum absolute atomic E-state index is 0.000598. The van der Waals surface area contributed by atoms with Crippen molar-refractivity contribution in [3.8, 4) is 11.5 Å². The van der Waals surface area contributed by atoms with Gasteiger partial charge in [0, 0.05) is 11.1 Å². The molecule has 2 rings (SSSR count). The van der Waals surface area contributed by atoms with E-state index in [1.165, 1.54) is 0 Å². The maximum Gasteiger partial charge on any atom is 0.141 e. The van der Waals surface area contributed by atoms with Gasteiger partial charge in [-0.1, -0.05) is 17.7 Å². The first-order chi connectivity index (χ1) is 9.38. The second-order valence-corrected chi connectivity index (χ2v) is 6.24. The van der Waals surface area contributed by atoms with Crippen LogP contribution < -0.4 is 10.5 Å². The van der Waals surface area contributed by atoms with Gasteiger partial charge in [0.15, 0.2) is 0 Å². The first-order valence-corrected chi connectivity index (χ1v) is 7.55. The molecule has 0 saturated heterocycles. The van der Waals surface area contributed by atoms with Crippen molar-refractivity contribution >= 4 is 27.5 Å². The van der Waals surface area contributed by atoms with E-state index in [1.54, 1.807) is 0 Å². The third-order valence-electron chi connectivity index (χ3n) is 3.12. The largest absolute Gasteiger partial charge is 0.456 e. The van der Waals surface area contributed by atoms with Crippen LogP contribution in [0.15, 0.2) is 34.8 Å². The van der Waals surface area contributed by atoms with Crippen LogP contribution in [0.5, 0.6) is 11.5 Å². The van der Waals surface area contributed by atoms with Gasteiger partial charge in [-0.3, -0.25) is 0 Å². The van der Waals surface area contributed by atoms with E-state index < -0.39 is 0 Å². The summed E-state index contributed by atoms with van der Waals surface area (Å²) in [6.07, 6.45) is 0. The van der Waals surface area contributed by atoms with E-state index in [1.807, 2.05) is 51.1 Å². The van der Waals surface area contributed by atoms with Crippen molar-refractivity contribution in [3.05, 3.63) is 56.5 Å². The van der Waals surface area contributed by atoms with Crippen LogP contribution in [0, 0.1) is 13.8 Å². The molecule has 0 radical (unpaired) electrons. The minimum Gasteiger partial charge on any atom is -0.456 e. The summed E-state index contributed by atoms with van der Waals surface area (Å²) in [5.74, 6) is 1.60. The molecule has 2 nitrogen and oxygen atoms in total. The van der Waals surface area contributed by atoms with Crippen LogP contribution in [0.2, 0.25) is 5.02 Å². The lowest BCUT2D eigenvalue weighted by molar-refractivity contribution is 0.472. The molecule has 0 bridgehead atoms. The summed E-state index contributed by atoms with van der Waals surface area (Å²) in [7, 11) is 0. The molecule has 0 amide bonds. The van der Waals surface area contributed by atoms with Crippen LogP contribution in [0.4, 0.5) is 0 Å². The monoisotopic (exact) mass is 353 g/mol. The molecular formula is C16H17BrClNO. The summed E-state index contributed by atoms with van der Waals surface area (Å²) in [5, 5.41) is 0.721. The molecule has 106 valence electrons. The smallest absolute Gasteiger partial charge is 0.141 e. The highest BCUT2D eigenvalue weighted by Gasteiger charge is 2.10. The van der Waals surface area contributed by atoms with Gasteiger partial charge in [0.25, 0.3) is 0 Å². The van der Waals surface area contributed by atoms with Crippen molar-refractivity contribution in [2.24, 2.45) is 5.73 Å². The van der Waals surface area contributed by atoms with Gasteiger partial charge in [-0.05, 0) is 77.7 Å².